The number of rotatable bonds is 4. The maximum absolute atomic E-state index is 12.0. The van der Waals surface area contributed by atoms with E-state index in [0.29, 0.717) is 11.9 Å². The SMILES string of the molecule is CSC1CCCC1C(=O)OCc1ccccc1. The van der Waals surface area contributed by atoms with E-state index in [1.807, 2.05) is 30.3 Å². The number of carbonyl (C=O) groups is 1. The van der Waals surface area contributed by atoms with Crippen molar-refractivity contribution in [2.75, 3.05) is 6.26 Å². The van der Waals surface area contributed by atoms with E-state index >= 15 is 0 Å². The second-order valence-corrected chi connectivity index (χ2v) is 5.48. The van der Waals surface area contributed by atoms with Crippen LogP contribution in [0.25, 0.3) is 0 Å². The molecule has 1 aromatic carbocycles. The number of ether oxygens (including phenoxy) is 1. The van der Waals surface area contributed by atoms with Crippen molar-refractivity contribution >= 4 is 17.7 Å². The van der Waals surface area contributed by atoms with E-state index in [0.717, 1.165) is 24.8 Å². The predicted octanol–water partition coefficient (Wildman–Crippen LogP) is 3.26. The van der Waals surface area contributed by atoms with Gasteiger partial charge in [-0.15, -0.1) is 0 Å². The number of hydrogen-bond acceptors (Lipinski definition) is 3. The summed E-state index contributed by atoms with van der Waals surface area (Å²) in [5.41, 5.74) is 1.06. The second kappa shape index (κ2) is 6.10. The summed E-state index contributed by atoms with van der Waals surface area (Å²) in [7, 11) is 0. The van der Waals surface area contributed by atoms with Crippen molar-refractivity contribution in [2.24, 2.45) is 5.92 Å². The van der Waals surface area contributed by atoms with Crippen LogP contribution >= 0.6 is 11.8 Å². The Morgan fingerprint density at radius 2 is 2.12 bits per heavy atom. The zero-order chi connectivity index (χ0) is 12.1. The Kier molecular flexibility index (Phi) is 4.49. The third-order valence-corrected chi connectivity index (χ3v) is 4.45. The van der Waals surface area contributed by atoms with Gasteiger partial charge in [0.1, 0.15) is 6.61 Å². The molecule has 1 fully saturated rings. The molecule has 0 radical (unpaired) electrons. The first-order chi connectivity index (χ1) is 8.31. The Morgan fingerprint density at radius 3 is 2.82 bits per heavy atom. The third kappa shape index (κ3) is 3.25. The molecule has 0 bridgehead atoms. The van der Waals surface area contributed by atoms with Crippen LogP contribution in [0.2, 0.25) is 0 Å². The lowest BCUT2D eigenvalue weighted by Gasteiger charge is -2.16. The van der Waals surface area contributed by atoms with Crippen molar-refractivity contribution in [2.45, 2.75) is 31.1 Å². The van der Waals surface area contributed by atoms with Gasteiger partial charge < -0.3 is 4.74 Å². The van der Waals surface area contributed by atoms with Crippen LogP contribution in [0.5, 0.6) is 0 Å². The highest BCUT2D eigenvalue weighted by atomic mass is 32.2. The van der Waals surface area contributed by atoms with Crippen LogP contribution < -0.4 is 0 Å². The summed E-state index contributed by atoms with van der Waals surface area (Å²) in [6.45, 7) is 0.400. The van der Waals surface area contributed by atoms with Crippen molar-refractivity contribution in [3.63, 3.8) is 0 Å². The Morgan fingerprint density at radius 1 is 1.35 bits per heavy atom. The van der Waals surface area contributed by atoms with Crippen molar-refractivity contribution < 1.29 is 9.53 Å². The Bertz CT molecular complexity index is 364. The molecule has 2 rings (SSSR count). The molecule has 0 spiro atoms. The van der Waals surface area contributed by atoms with Crippen molar-refractivity contribution in [3.05, 3.63) is 35.9 Å². The summed E-state index contributed by atoms with van der Waals surface area (Å²) in [5, 5.41) is 0.457. The molecule has 0 aromatic heterocycles. The van der Waals surface area contributed by atoms with Crippen LogP contribution in [-0.4, -0.2) is 17.5 Å². The van der Waals surface area contributed by atoms with Crippen LogP contribution in [-0.2, 0) is 16.1 Å². The molecular formula is C14H18O2S. The molecule has 2 unspecified atom stereocenters. The van der Waals surface area contributed by atoms with Gasteiger partial charge in [-0.05, 0) is 24.7 Å². The lowest BCUT2D eigenvalue weighted by Crippen LogP contribution is -2.22. The minimum absolute atomic E-state index is 0.0225. The van der Waals surface area contributed by atoms with Gasteiger partial charge in [0.25, 0.3) is 0 Å². The van der Waals surface area contributed by atoms with Crippen LogP contribution in [0, 0.1) is 5.92 Å². The van der Waals surface area contributed by atoms with Crippen LogP contribution in [0.4, 0.5) is 0 Å². The van der Waals surface area contributed by atoms with Gasteiger partial charge in [-0.3, -0.25) is 4.79 Å². The molecule has 3 heteroatoms. The average molecular weight is 250 g/mol. The number of benzene rings is 1. The molecule has 0 amide bonds. The maximum Gasteiger partial charge on any atom is 0.310 e. The zero-order valence-electron chi connectivity index (χ0n) is 10.1. The molecule has 2 nitrogen and oxygen atoms in total. The van der Waals surface area contributed by atoms with E-state index in [9.17, 15) is 4.79 Å². The predicted molar refractivity (Wildman–Crippen MR) is 70.9 cm³/mol. The lowest BCUT2D eigenvalue weighted by atomic mass is 10.1. The second-order valence-electron chi connectivity index (χ2n) is 4.40. The van der Waals surface area contributed by atoms with Crippen molar-refractivity contribution in [1.29, 1.82) is 0 Å². The fourth-order valence-electron chi connectivity index (χ4n) is 2.31. The topological polar surface area (TPSA) is 26.3 Å². The maximum atomic E-state index is 12.0. The van der Waals surface area contributed by atoms with Gasteiger partial charge in [-0.2, -0.15) is 11.8 Å². The van der Waals surface area contributed by atoms with Gasteiger partial charge in [0.2, 0.25) is 0 Å². The summed E-state index contributed by atoms with van der Waals surface area (Å²) in [6, 6.07) is 9.85. The smallest absolute Gasteiger partial charge is 0.310 e. The Balaban J connectivity index is 1.85. The highest BCUT2D eigenvalue weighted by Gasteiger charge is 2.33. The van der Waals surface area contributed by atoms with E-state index in [2.05, 4.69) is 6.26 Å². The highest BCUT2D eigenvalue weighted by molar-refractivity contribution is 7.99. The molecule has 17 heavy (non-hydrogen) atoms. The standard InChI is InChI=1S/C14H18O2S/c1-17-13-9-5-8-12(13)14(15)16-10-11-6-3-2-4-7-11/h2-4,6-7,12-13H,5,8-10H2,1H3. The Hall–Kier alpha value is -0.960. The quantitative estimate of drug-likeness (QED) is 0.767. The van der Waals surface area contributed by atoms with Crippen molar-refractivity contribution in [3.8, 4) is 0 Å². The number of thioether (sulfide) groups is 1. The Labute approximate surface area is 107 Å². The molecule has 1 aliphatic rings. The molecule has 2 atom stereocenters. The minimum atomic E-state index is -0.0225. The van der Waals surface area contributed by atoms with E-state index in [1.54, 1.807) is 11.8 Å². The summed E-state index contributed by atoms with van der Waals surface area (Å²) < 4.78 is 5.39. The molecule has 1 aliphatic carbocycles. The van der Waals surface area contributed by atoms with Crippen LogP contribution in [0.15, 0.2) is 30.3 Å². The average Bonchev–Trinajstić information content (AvgIpc) is 2.85. The molecule has 1 saturated carbocycles. The first kappa shape index (κ1) is 12.5. The minimum Gasteiger partial charge on any atom is -0.461 e. The normalized spacial score (nSPS) is 23.6. The lowest BCUT2D eigenvalue weighted by molar-refractivity contribution is -0.149. The molecule has 0 saturated heterocycles. The zero-order valence-corrected chi connectivity index (χ0v) is 10.9. The van der Waals surface area contributed by atoms with Gasteiger partial charge in [0.05, 0.1) is 5.92 Å². The van der Waals surface area contributed by atoms with E-state index in [4.69, 9.17) is 4.74 Å². The van der Waals surface area contributed by atoms with Gasteiger partial charge in [0, 0.05) is 5.25 Å². The summed E-state index contributed by atoms with van der Waals surface area (Å²) >= 11 is 1.79. The van der Waals surface area contributed by atoms with Gasteiger partial charge in [-0.25, -0.2) is 0 Å². The largest absolute Gasteiger partial charge is 0.461 e. The fourth-order valence-corrected chi connectivity index (χ4v) is 3.29. The molecule has 0 heterocycles. The number of hydrogen-bond donors (Lipinski definition) is 0. The summed E-state index contributed by atoms with van der Waals surface area (Å²) in [6.07, 6.45) is 5.36. The fraction of sp³-hybridized carbons (Fsp3) is 0.500. The molecule has 0 aliphatic heterocycles. The van der Waals surface area contributed by atoms with Crippen molar-refractivity contribution in [1.82, 2.24) is 0 Å². The van der Waals surface area contributed by atoms with Crippen LogP contribution in [0.1, 0.15) is 24.8 Å². The highest BCUT2D eigenvalue weighted by Crippen LogP contribution is 2.34. The molecule has 92 valence electrons. The molecule has 0 N–H and O–H groups in total. The van der Waals surface area contributed by atoms with Gasteiger partial charge in [0.15, 0.2) is 0 Å². The first-order valence-electron chi connectivity index (χ1n) is 6.04. The first-order valence-corrected chi connectivity index (χ1v) is 7.33. The molecular weight excluding hydrogens is 232 g/mol. The van der Waals surface area contributed by atoms with E-state index in [1.165, 1.54) is 0 Å². The van der Waals surface area contributed by atoms with E-state index < -0.39 is 0 Å². The summed E-state index contributed by atoms with van der Waals surface area (Å²) in [4.78, 5) is 12.0. The monoisotopic (exact) mass is 250 g/mol. The molecule has 1 aromatic rings. The third-order valence-electron chi connectivity index (χ3n) is 3.28. The van der Waals surface area contributed by atoms with Gasteiger partial charge in [-0.1, -0.05) is 36.8 Å². The number of esters is 1. The summed E-state index contributed by atoms with van der Waals surface area (Å²) in [5.74, 6) is 0.0828. The van der Waals surface area contributed by atoms with Crippen LogP contribution in [0.3, 0.4) is 0 Å². The van der Waals surface area contributed by atoms with E-state index in [-0.39, 0.29) is 11.9 Å². The number of carbonyl (C=O) groups excluding carboxylic acids is 1. The van der Waals surface area contributed by atoms with Gasteiger partial charge >= 0.3 is 5.97 Å².